The molecule has 26 heavy (non-hydrogen) atoms. The highest BCUT2D eigenvalue weighted by Crippen LogP contribution is 2.36. The monoisotopic (exact) mass is 396 g/mol. The second kappa shape index (κ2) is 8.26. The standard InChI is InChI=1S/C19H25ClN4O.ClH/c1-12(2)25-16-6-3-13(4-7-16)19-23-22-18-11-21-10-14-9-15(20)5-8-17(14)24(18)19;/h5,8-9,12-13,16,21H,3-4,6-7,10-11H2,1-2H3;1H/t13-,16-;. The van der Waals surface area contributed by atoms with Crippen LogP contribution in [0.2, 0.25) is 5.02 Å². The molecule has 1 aliphatic carbocycles. The van der Waals surface area contributed by atoms with Gasteiger partial charge in [0, 0.05) is 17.5 Å². The molecule has 2 heterocycles. The van der Waals surface area contributed by atoms with Crippen LogP contribution in [0, 0.1) is 0 Å². The summed E-state index contributed by atoms with van der Waals surface area (Å²) in [4.78, 5) is 0. The van der Waals surface area contributed by atoms with Crippen LogP contribution in [0.3, 0.4) is 0 Å². The van der Waals surface area contributed by atoms with Gasteiger partial charge in [0.2, 0.25) is 0 Å². The van der Waals surface area contributed by atoms with E-state index in [-0.39, 0.29) is 12.4 Å². The molecule has 142 valence electrons. The molecule has 1 saturated carbocycles. The molecular formula is C19H26Cl2N4O. The Morgan fingerprint density at radius 2 is 1.92 bits per heavy atom. The van der Waals surface area contributed by atoms with E-state index in [4.69, 9.17) is 16.3 Å². The first kappa shape index (κ1) is 19.6. The van der Waals surface area contributed by atoms with Gasteiger partial charge in [0.05, 0.1) is 24.4 Å². The third-order valence-corrected chi connectivity index (χ3v) is 5.38. The van der Waals surface area contributed by atoms with Gasteiger partial charge >= 0.3 is 0 Å². The van der Waals surface area contributed by atoms with Crippen molar-refractivity contribution < 1.29 is 4.74 Å². The number of fused-ring (bicyclic) bond motifs is 3. The summed E-state index contributed by atoms with van der Waals surface area (Å²) < 4.78 is 8.24. The van der Waals surface area contributed by atoms with Gasteiger partial charge in [0.1, 0.15) is 5.82 Å². The van der Waals surface area contributed by atoms with Crippen LogP contribution in [-0.4, -0.2) is 27.0 Å². The van der Waals surface area contributed by atoms with Gasteiger partial charge in [-0.25, -0.2) is 0 Å². The lowest BCUT2D eigenvalue weighted by molar-refractivity contribution is -0.0151. The zero-order valence-corrected chi connectivity index (χ0v) is 16.8. The van der Waals surface area contributed by atoms with Crippen molar-refractivity contribution >= 4 is 24.0 Å². The Kier molecular flexibility index (Phi) is 6.23. The molecule has 5 nitrogen and oxygen atoms in total. The molecule has 0 spiro atoms. The topological polar surface area (TPSA) is 52.0 Å². The van der Waals surface area contributed by atoms with Gasteiger partial charge in [-0.2, -0.15) is 0 Å². The van der Waals surface area contributed by atoms with Gasteiger partial charge in [0.15, 0.2) is 5.82 Å². The van der Waals surface area contributed by atoms with Crippen LogP contribution in [0.25, 0.3) is 5.69 Å². The van der Waals surface area contributed by atoms with Gasteiger partial charge in [-0.1, -0.05) is 11.6 Å². The van der Waals surface area contributed by atoms with E-state index < -0.39 is 0 Å². The Hall–Kier alpha value is -1.14. The maximum absolute atomic E-state index is 6.19. The first-order chi connectivity index (χ1) is 12.1. The Morgan fingerprint density at radius 3 is 2.65 bits per heavy atom. The first-order valence-corrected chi connectivity index (χ1v) is 9.59. The first-order valence-electron chi connectivity index (χ1n) is 9.21. The molecule has 0 atom stereocenters. The van der Waals surface area contributed by atoms with Crippen molar-refractivity contribution in [3.8, 4) is 5.69 Å². The van der Waals surface area contributed by atoms with Crippen LogP contribution in [0.15, 0.2) is 18.2 Å². The van der Waals surface area contributed by atoms with Crippen molar-refractivity contribution in [2.24, 2.45) is 0 Å². The van der Waals surface area contributed by atoms with E-state index in [1.165, 1.54) is 5.56 Å². The lowest BCUT2D eigenvalue weighted by Gasteiger charge is -2.29. The number of nitrogens with one attached hydrogen (secondary N) is 1. The van der Waals surface area contributed by atoms with E-state index in [0.717, 1.165) is 61.1 Å². The van der Waals surface area contributed by atoms with Crippen LogP contribution >= 0.6 is 24.0 Å². The fraction of sp³-hybridized carbons (Fsp3) is 0.579. The molecule has 2 aliphatic rings. The van der Waals surface area contributed by atoms with Crippen molar-refractivity contribution in [3.63, 3.8) is 0 Å². The highest BCUT2D eigenvalue weighted by atomic mass is 35.5. The number of aromatic nitrogens is 3. The molecule has 1 N–H and O–H groups in total. The average Bonchev–Trinajstić information content (AvgIpc) is 2.91. The number of halogens is 2. The lowest BCUT2D eigenvalue weighted by Crippen LogP contribution is -2.25. The summed E-state index contributed by atoms with van der Waals surface area (Å²) in [6.45, 7) is 5.75. The molecule has 1 fully saturated rings. The highest BCUT2D eigenvalue weighted by Gasteiger charge is 2.29. The molecule has 1 aromatic heterocycles. The van der Waals surface area contributed by atoms with Gasteiger partial charge in [0.25, 0.3) is 0 Å². The zero-order valence-electron chi connectivity index (χ0n) is 15.2. The van der Waals surface area contributed by atoms with E-state index >= 15 is 0 Å². The number of rotatable bonds is 3. The van der Waals surface area contributed by atoms with Gasteiger partial charge in [-0.05, 0) is 63.3 Å². The Bertz CT molecular complexity index is 754. The second-order valence-electron chi connectivity index (χ2n) is 7.34. The summed E-state index contributed by atoms with van der Waals surface area (Å²) in [5.41, 5.74) is 2.36. The van der Waals surface area contributed by atoms with Gasteiger partial charge in [-0.3, -0.25) is 4.57 Å². The molecule has 0 bridgehead atoms. The minimum atomic E-state index is 0. The van der Waals surface area contributed by atoms with Gasteiger partial charge in [-0.15, -0.1) is 22.6 Å². The molecule has 1 aromatic carbocycles. The van der Waals surface area contributed by atoms with Crippen molar-refractivity contribution in [1.29, 1.82) is 0 Å². The van der Waals surface area contributed by atoms with Crippen LogP contribution in [-0.2, 0) is 17.8 Å². The largest absolute Gasteiger partial charge is 0.376 e. The van der Waals surface area contributed by atoms with E-state index in [9.17, 15) is 0 Å². The van der Waals surface area contributed by atoms with Crippen molar-refractivity contribution in [1.82, 2.24) is 20.1 Å². The molecule has 0 unspecified atom stereocenters. The molecule has 1 aliphatic heterocycles. The summed E-state index contributed by atoms with van der Waals surface area (Å²) >= 11 is 6.19. The quantitative estimate of drug-likeness (QED) is 0.834. The molecular weight excluding hydrogens is 371 g/mol. The smallest absolute Gasteiger partial charge is 0.151 e. The number of benzene rings is 1. The predicted molar refractivity (Wildman–Crippen MR) is 105 cm³/mol. The molecule has 7 heteroatoms. The fourth-order valence-electron chi connectivity index (χ4n) is 4.04. The van der Waals surface area contributed by atoms with E-state index in [1.54, 1.807) is 0 Å². The highest BCUT2D eigenvalue weighted by molar-refractivity contribution is 6.30. The number of hydrogen-bond acceptors (Lipinski definition) is 4. The number of ether oxygens (including phenoxy) is 1. The number of hydrogen-bond donors (Lipinski definition) is 1. The van der Waals surface area contributed by atoms with Crippen molar-refractivity contribution in [2.45, 2.75) is 70.7 Å². The van der Waals surface area contributed by atoms with Gasteiger partial charge < -0.3 is 10.1 Å². The maximum atomic E-state index is 6.19. The summed E-state index contributed by atoms with van der Waals surface area (Å²) in [5.74, 6) is 2.51. The molecule has 4 rings (SSSR count). The van der Waals surface area contributed by atoms with E-state index in [0.29, 0.717) is 18.1 Å². The summed E-state index contributed by atoms with van der Waals surface area (Å²) in [5, 5.41) is 13.2. The summed E-state index contributed by atoms with van der Waals surface area (Å²) in [6.07, 6.45) is 5.08. The minimum absolute atomic E-state index is 0. The van der Waals surface area contributed by atoms with E-state index in [1.807, 2.05) is 12.1 Å². The maximum Gasteiger partial charge on any atom is 0.151 e. The molecule has 0 radical (unpaired) electrons. The number of nitrogens with zero attached hydrogens (tertiary/aromatic N) is 3. The molecule has 0 saturated heterocycles. The normalized spacial score (nSPS) is 22.3. The third-order valence-electron chi connectivity index (χ3n) is 5.14. The zero-order chi connectivity index (χ0) is 17.4. The SMILES string of the molecule is CC(C)O[C@H]1CC[C@H](c2nnc3n2-c2ccc(Cl)cc2CNC3)CC1.Cl. The second-order valence-corrected chi connectivity index (χ2v) is 7.78. The Balaban J connectivity index is 0.00000196. The molecule has 2 aromatic rings. The van der Waals surface area contributed by atoms with Crippen LogP contribution in [0.4, 0.5) is 0 Å². The minimum Gasteiger partial charge on any atom is -0.376 e. The van der Waals surface area contributed by atoms with Crippen molar-refractivity contribution in [3.05, 3.63) is 40.4 Å². The Morgan fingerprint density at radius 1 is 1.15 bits per heavy atom. The van der Waals surface area contributed by atoms with Crippen LogP contribution in [0.5, 0.6) is 0 Å². The van der Waals surface area contributed by atoms with E-state index in [2.05, 4.69) is 40.0 Å². The molecule has 0 amide bonds. The Labute approximate surface area is 165 Å². The lowest BCUT2D eigenvalue weighted by atomic mass is 9.86. The average molecular weight is 397 g/mol. The summed E-state index contributed by atoms with van der Waals surface area (Å²) in [7, 11) is 0. The predicted octanol–water partition coefficient (Wildman–Crippen LogP) is 4.40. The third kappa shape index (κ3) is 3.91. The fourth-order valence-corrected chi connectivity index (χ4v) is 4.23. The summed E-state index contributed by atoms with van der Waals surface area (Å²) in [6, 6.07) is 6.08. The van der Waals surface area contributed by atoms with Crippen LogP contribution in [0.1, 0.15) is 62.7 Å². The van der Waals surface area contributed by atoms with Crippen molar-refractivity contribution in [2.75, 3.05) is 0 Å². The van der Waals surface area contributed by atoms with Crippen LogP contribution < -0.4 is 5.32 Å².